The number of primary amides is 1. The van der Waals surface area contributed by atoms with Crippen LogP contribution in [-0.2, 0) is 20.9 Å². The van der Waals surface area contributed by atoms with Gasteiger partial charge in [-0.05, 0) is 37.9 Å². The van der Waals surface area contributed by atoms with E-state index in [0.29, 0.717) is 6.54 Å². The lowest BCUT2D eigenvalue weighted by Gasteiger charge is -2.23. The Kier molecular flexibility index (Phi) is 5.51. The van der Waals surface area contributed by atoms with Crippen molar-refractivity contribution in [1.82, 2.24) is 4.90 Å². The lowest BCUT2D eigenvalue weighted by Crippen LogP contribution is -2.40. The second-order valence-electron chi connectivity index (χ2n) is 5.56. The van der Waals surface area contributed by atoms with E-state index >= 15 is 0 Å². The van der Waals surface area contributed by atoms with Crippen molar-refractivity contribution in [2.45, 2.75) is 38.5 Å². The van der Waals surface area contributed by atoms with Crippen LogP contribution < -0.4 is 11.1 Å². The van der Waals surface area contributed by atoms with Gasteiger partial charge in [-0.3, -0.25) is 14.5 Å². The molecule has 1 aliphatic rings. The Balaban J connectivity index is 2.11. The molecule has 0 aromatic heterocycles. The monoisotopic (exact) mass is 305 g/mol. The molecule has 0 aliphatic carbocycles. The Labute approximate surface area is 130 Å². The molecule has 1 aromatic carbocycles. The van der Waals surface area contributed by atoms with E-state index in [9.17, 15) is 9.59 Å². The first-order valence-electron chi connectivity index (χ1n) is 7.48. The number of nitrogens with zero attached hydrogens (tertiary/aromatic N) is 1. The predicted molar refractivity (Wildman–Crippen MR) is 84.2 cm³/mol. The lowest BCUT2D eigenvalue weighted by molar-refractivity contribution is -0.125. The molecule has 1 saturated heterocycles. The Morgan fingerprint density at radius 1 is 1.45 bits per heavy atom. The van der Waals surface area contributed by atoms with Crippen molar-refractivity contribution >= 4 is 17.5 Å². The molecule has 2 amide bonds. The number of hydrogen-bond acceptors (Lipinski definition) is 4. The van der Waals surface area contributed by atoms with E-state index < -0.39 is 6.10 Å². The van der Waals surface area contributed by atoms with Gasteiger partial charge in [0, 0.05) is 19.3 Å². The van der Waals surface area contributed by atoms with Crippen LogP contribution in [0, 0.1) is 0 Å². The van der Waals surface area contributed by atoms with Gasteiger partial charge in [0.05, 0.1) is 6.04 Å². The largest absolute Gasteiger partial charge is 0.372 e. The third kappa shape index (κ3) is 3.84. The smallest absolute Gasteiger partial charge is 0.253 e. The van der Waals surface area contributed by atoms with Gasteiger partial charge in [0.15, 0.2) is 0 Å². The summed E-state index contributed by atoms with van der Waals surface area (Å²) >= 11 is 0. The topological polar surface area (TPSA) is 84.7 Å². The van der Waals surface area contributed by atoms with Gasteiger partial charge in [-0.15, -0.1) is 0 Å². The number of hydrogen-bond donors (Lipinski definition) is 2. The summed E-state index contributed by atoms with van der Waals surface area (Å²) in [6, 6.07) is 7.36. The highest BCUT2D eigenvalue weighted by Crippen LogP contribution is 2.23. The van der Waals surface area contributed by atoms with Gasteiger partial charge in [0.25, 0.3) is 5.91 Å². The number of methoxy groups -OCH3 is 1. The van der Waals surface area contributed by atoms with Crippen LogP contribution in [0.25, 0.3) is 0 Å². The van der Waals surface area contributed by atoms with Crippen LogP contribution >= 0.6 is 0 Å². The van der Waals surface area contributed by atoms with Crippen LogP contribution in [0.4, 0.5) is 5.69 Å². The molecule has 0 saturated carbocycles. The van der Waals surface area contributed by atoms with Gasteiger partial charge >= 0.3 is 0 Å². The van der Waals surface area contributed by atoms with Crippen LogP contribution in [0.15, 0.2) is 24.3 Å². The maximum Gasteiger partial charge on any atom is 0.253 e. The van der Waals surface area contributed by atoms with Gasteiger partial charge in [-0.25, -0.2) is 0 Å². The predicted octanol–water partition coefficient (Wildman–Crippen LogP) is 1.11. The van der Waals surface area contributed by atoms with E-state index in [2.05, 4.69) is 10.2 Å². The highest BCUT2D eigenvalue weighted by Gasteiger charge is 2.29. The molecule has 0 radical (unpaired) electrons. The van der Waals surface area contributed by atoms with Crippen molar-refractivity contribution in [2.75, 3.05) is 19.0 Å². The third-order valence-electron chi connectivity index (χ3n) is 4.06. The zero-order valence-corrected chi connectivity index (χ0v) is 13.0. The number of carbonyl (C=O) groups is 2. The van der Waals surface area contributed by atoms with Crippen molar-refractivity contribution in [3.63, 3.8) is 0 Å². The van der Waals surface area contributed by atoms with Crippen molar-refractivity contribution in [3.8, 4) is 0 Å². The molecule has 1 fully saturated rings. The number of likely N-dealkylation sites (tertiary alicyclic amines) is 1. The summed E-state index contributed by atoms with van der Waals surface area (Å²) in [6.07, 6.45) is 1.24. The molecule has 22 heavy (non-hydrogen) atoms. The van der Waals surface area contributed by atoms with Crippen molar-refractivity contribution in [1.29, 1.82) is 0 Å². The molecule has 0 unspecified atom stereocenters. The molecule has 3 N–H and O–H groups in total. The van der Waals surface area contributed by atoms with Crippen molar-refractivity contribution < 1.29 is 14.3 Å². The normalized spacial score (nSPS) is 19.8. The van der Waals surface area contributed by atoms with Crippen LogP contribution in [-0.4, -0.2) is 42.5 Å². The number of para-hydroxylation sites is 1. The molecular formula is C16H23N3O3. The van der Waals surface area contributed by atoms with Crippen LogP contribution in [0.5, 0.6) is 0 Å². The number of carbonyl (C=O) groups excluding carboxylic acids is 2. The zero-order chi connectivity index (χ0) is 16.1. The maximum absolute atomic E-state index is 12.0. The molecule has 2 atom stereocenters. The second-order valence-corrected chi connectivity index (χ2v) is 5.56. The molecule has 1 aliphatic heterocycles. The average molecular weight is 305 g/mol. The van der Waals surface area contributed by atoms with Gasteiger partial charge in [-0.1, -0.05) is 18.2 Å². The average Bonchev–Trinajstić information content (AvgIpc) is 2.96. The summed E-state index contributed by atoms with van der Waals surface area (Å²) in [5.74, 6) is -0.477. The van der Waals surface area contributed by atoms with E-state index in [1.165, 1.54) is 7.11 Å². The van der Waals surface area contributed by atoms with Crippen LogP contribution in [0.3, 0.4) is 0 Å². The highest BCUT2D eigenvalue weighted by atomic mass is 16.5. The highest BCUT2D eigenvalue weighted by molar-refractivity contribution is 5.94. The number of amides is 2. The third-order valence-corrected chi connectivity index (χ3v) is 4.06. The Bertz CT molecular complexity index is 547. The summed E-state index contributed by atoms with van der Waals surface area (Å²) in [5.41, 5.74) is 7.16. The van der Waals surface area contributed by atoms with Crippen molar-refractivity contribution in [2.24, 2.45) is 5.73 Å². The summed E-state index contributed by atoms with van der Waals surface area (Å²) in [4.78, 5) is 25.5. The van der Waals surface area contributed by atoms with Crippen molar-refractivity contribution in [3.05, 3.63) is 29.8 Å². The standard InChI is InChI=1S/C16H23N3O3/c1-11(22-2)16(21)18-13-7-4-3-6-12(13)10-19-9-5-8-14(19)15(17)20/h3-4,6-7,11,14H,5,8-10H2,1-2H3,(H2,17,20)(H,18,21)/t11-,14+/m0/s1. The number of rotatable bonds is 6. The molecular weight excluding hydrogens is 282 g/mol. The second kappa shape index (κ2) is 7.38. The van der Waals surface area contributed by atoms with Crippen LogP contribution in [0.1, 0.15) is 25.3 Å². The summed E-state index contributed by atoms with van der Waals surface area (Å²) in [5, 5.41) is 2.87. The Hall–Kier alpha value is -1.92. The van der Waals surface area contributed by atoms with Gasteiger partial charge in [-0.2, -0.15) is 0 Å². The summed E-state index contributed by atoms with van der Waals surface area (Å²) in [7, 11) is 1.50. The molecule has 1 aromatic rings. The van der Waals surface area contributed by atoms with E-state index in [1.807, 2.05) is 24.3 Å². The zero-order valence-electron chi connectivity index (χ0n) is 13.0. The van der Waals surface area contributed by atoms with Gasteiger partial charge in [0.1, 0.15) is 6.10 Å². The molecule has 6 heteroatoms. The number of nitrogens with two attached hydrogens (primary N) is 1. The molecule has 1 heterocycles. The minimum Gasteiger partial charge on any atom is -0.372 e. The fourth-order valence-electron chi connectivity index (χ4n) is 2.68. The number of nitrogens with one attached hydrogen (secondary N) is 1. The molecule has 120 valence electrons. The van der Waals surface area contributed by atoms with E-state index in [0.717, 1.165) is 30.6 Å². The number of ether oxygens (including phenoxy) is 1. The maximum atomic E-state index is 12.0. The SMILES string of the molecule is CO[C@@H](C)C(=O)Nc1ccccc1CN1CCC[C@@H]1C(N)=O. The van der Waals surface area contributed by atoms with Crippen LogP contribution in [0.2, 0.25) is 0 Å². The van der Waals surface area contributed by atoms with Gasteiger partial charge < -0.3 is 15.8 Å². The Morgan fingerprint density at radius 3 is 2.86 bits per heavy atom. The van der Waals surface area contributed by atoms with E-state index in [1.54, 1.807) is 6.92 Å². The molecule has 0 spiro atoms. The minimum absolute atomic E-state index is 0.192. The number of benzene rings is 1. The molecule has 2 rings (SSSR count). The fourth-order valence-corrected chi connectivity index (χ4v) is 2.68. The lowest BCUT2D eigenvalue weighted by atomic mass is 10.1. The first-order chi connectivity index (χ1) is 10.5. The summed E-state index contributed by atoms with van der Waals surface area (Å²) in [6.45, 7) is 3.12. The fraction of sp³-hybridized carbons (Fsp3) is 0.500. The van der Waals surface area contributed by atoms with E-state index in [4.69, 9.17) is 10.5 Å². The first-order valence-corrected chi connectivity index (χ1v) is 7.48. The minimum atomic E-state index is -0.516. The first kappa shape index (κ1) is 16.5. The Morgan fingerprint density at radius 2 is 2.18 bits per heavy atom. The van der Waals surface area contributed by atoms with Gasteiger partial charge in [0.2, 0.25) is 5.91 Å². The van der Waals surface area contributed by atoms with E-state index in [-0.39, 0.29) is 17.9 Å². The summed E-state index contributed by atoms with van der Waals surface area (Å²) < 4.78 is 5.02. The quantitative estimate of drug-likeness (QED) is 0.824. The number of anilines is 1. The molecule has 0 bridgehead atoms. The molecule has 6 nitrogen and oxygen atoms in total.